The molecule has 0 aliphatic carbocycles. The zero-order chi connectivity index (χ0) is 19.6. The van der Waals surface area contributed by atoms with Crippen molar-refractivity contribution in [1.29, 1.82) is 0 Å². The van der Waals surface area contributed by atoms with Crippen LogP contribution in [0.4, 0.5) is 5.69 Å². The highest BCUT2D eigenvalue weighted by Gasteiger charge is 2.25. The van der Waals surface area contributed by atoms with Crippen LogP contribution in [0.2, 0.25) is 0 Å². The van der Waals surface area contributed by atoms with Gasteiger partial charge in [0, 0.05) is 21.8 Å². The van der Waals surface area contributed by atoms with Gasteiger partial charge in [0.1, 0.15) is 5.70 Å². The summed E-state index contributed by atoms with van der Waals surface area (Å²) in [5.74, 6) is -1.36. The molecule has 2 aromatic rings. The van der Waals surface area contributed by atoms with Gasteiger partial charge in [0.2, 0.25) is 5.96 Å². The number of allylic oxidation sites excluding steroid dienone is 1. The molecule has 1 fully saturated rings. The summed E-state index contributed by atoms with van der Waals surface area (Å²) in [6.45, 7) is 0. The maximum Gasteiger partial charge on any atom is 0.285 e. The Morgan fingerprint density at radius 1 is 1.04 bits per heavy atom. The van der Waals surface area contributed by atoms with Crippen molar-refractivity contribution in [3.8, 4) is 0 Å². The lowest BCUT2D eigenvalue weighted by Gasteiger charge is -2.01. The van der Waals surface area contributed by atoms with Gasteiger partial charge in [-0.1, -0.05) is 15.9 Å². The van der Waals surface area contributed by atoms with E-state index >= 15 is 0 Å². The Morgan fingerprint density at radius 3 is 2.30 bits per heavy atom. The van der Waals surface area contributed by atoms with Crippen molar-refractivity contribution in [2.75, 3.05) is 5.73 Å². The van der Waals surface area contributed by atoms with E-state index in [2.05, 4.69) is 31.0 Å². The second-order valence-corrected chi connectivity index (χ2v) is 8.01. The monoisotopic (exact) mass is 448 g/mol. The third-order valence-electron chi connectivity index (χ3n) is 3.52. The van der Waals surface area contributed by atoms with Crippen molar-refractivity contribution in [2.45, 2.75) is 4.90 Å². The summed E-state index contributed by atoms with van der Waals surface area (Å²) in [6.07, 6.45) is 1.08. The van der Waals surface area contributed by atoms with Crippen LogP contribution in [0.3, 0.4) is 0 Å². The summed E-state index contributed by atoms with van der Waals surface area (Å²) in [5, 5.41) is 4.78. The molecular formula is C17H13BrN4O4S. The minimum Gasteiger partial charge on any atom is -0.399 e. The lowest BCUT2D eigenvalue weighted by atomic mass is 10.1. The van der Waals surface area contributed by atoms with Crippen LogP contribution in [0.1, 0.15) is 10.4 Å². The predicted octanol–water partition coefficient (Wildman–Crippen LogP) is 1.56. The lowest BCUT2D eigenvalue weighted by molar-refractivity contribution is -0.115. The number of halogens is 1. The van der Waals surface area contributed by atoms with E-state index in [-0.39, 0.29) is 16.6 Å². The summed E-state index contributed by atoms with van der Waals surface area (Å²) in [4.78, 5) is 24.1. The summed E-state index contributed by atoms with van der Waals surface area (Å²) in [5.41, 5.74) is 6.21. The number of nitrogens with one attached hydrogen (secondary N) is 2. The van der Waals surface area contributed by atoms with Crippen molar-refractivity contribution in [1.82, 2.24) is 10.6 Å². The number of guanidine groups is 1. The molecule has 0 unspecified atom stereocenters. The second kappa shape index (κ2) is 7.33. The van der Waals surface area contributed by atoms with Gasteiger partial charge in [-0.05, 0) is 48.5 Å². The number of anilines is 1. The van der Waals surface area contributed by atoms with Crippen LogP contribution in [0.25, 0.3) is 0 Å². The first-order valence-electron chi connectivity index (χ1n) is 7.55. The van der Waals surface area contributed by atoms with Crippen molar-refractivity contribution >= 4 is 49.3 Å². The highest BCUT2D eigenvalue weighted by molar-refractivity contribution is 9.10. The van der Waals surface area contributed by atoms with Crippen LogP contribution in [0.5, 0.6) is 0 Å². The molecule has 2 aromatic carbocycles. The van der Waals surface area contributed by atoms with Gasteiger partial charge < -0.3 is 11.1 Å². The molecule has 1 heterocycles. The largest absolute Gasteiger partial charge is 0.399 e. The van der Waals surface area contributed by atoms with Crippen molar-refractivity contribution < 1.29 is 18.0 Å². The summed E-state index contributed by atoms with van der Waals surface area (Å²) in [6, 6.07) is 12.0. The molecule has 0 radical (unpaired) electrons. The molecule has 1 amide bonds. The second-order valence-electron chi connectivity index (χ2n) is 5.49. The van der Waals surface area contributed by atoms with Gasteiger partial charge in [-0.3, -0.25) is 14.9 Å². The van der Waals surface area contributed by atoms with Crippen LogP contribution in [-0.2, 0) is 14.8 Å². The molecule has 0 spiro atoms. The molecule has 3 rings (SSSR count). The fraction of sp³-hybridized carbons (Fsp3) is 0. The van der Waals surface area contributed by atoms with Gasteiger partial charge in [-0.2, -0.15) is 8.42 Å². The molecule has 0 aromatic heterocycles. The van der Waals surface area contributed by atoms with E-state index in [1.807, 2.05) is 0 Å². The molecule has 0 bridgehead atoms. The molecule has 0 saturated carbocycles. The molecule has 8 nitrogen and oxygen atoms in total. The van der Waals surface area contributed by atoms with E-state index in [1.165, 1.54) is 24.3 Å². The third kappa shape index (κ3) is 4.41. The average Bonchev–Trinajstić information content (AvgIpc) is 2.94. The lowest BCUT2D eigenvalue weighted by Crippen LogP contribution is -2.26. The molecular weight excluding hydrogens is 436 g/mol. The number of carbonyl (C=O) groups is 2. The Hall–Kier alpha value is -2.98. The maximum absolute atomic E-state index is 12.3. The van der Waals surface area contributed by atoms with Gasteiger partial charge in [0.05, 0.1) is 4.90 Å². The molecule has 1 aliphatic heterocycles. The van der Waals surface area contributed by atoms with E-state index in [0.717, 1.165) is 10.5 Å². The highest BCUT2D eigenvalue weighted by atomic mass is 79.9. The number of carbonyl (C=O) groups excluding carboxylic acids is 2. The number of nitrogen functional groups attached to an aromatic ring is 1. The Bertz CT molecular complexity index is 1070. The molecule has 1 aliphatic rings. The summed E-state index contributed by atoms with van der Waals surface area (Å²) >= 11 is 3.27. The predicted molar refractivity (Wildman–Crippen MR) is 103 cm³/mol. The molecule has 1 saturated heterocycles. The number of amides is 1. The number of nitrogens with zero attached hydrogens (tertiary/aromatic N) is 1. The average molecular weight is 449 g/mol. The fourth-order valence-electron chi connectivity index (χ4n) is 2.18. The number of benzene rings is 2. The SMILES string of the molecule is Nc1ccc(S(=O)(=O)N=C2NC(=O)/C(=C/C(=O)c3ccc(Br)cc3)N2)cc1. The van der Waals surface area contributed by atoms with E-state index in [4.69, 9.17) is 5.73 Å². The van der Waals surface area contributed by atoms with Gasteiger partial charge in [-0.15, -0.1) is 4.40 Å². The van der Waals surface area contributed by atoms with Crippen LogP contribution < -0.4 is 16.4 Å². The molecule has 27 heavy (non-hydrogen) atoms. The Labute approximate surface area is 163 Å². The first-order chi connectivity index (χ1) is 12.7. The first-order valence-corrected chi connectivity index (χ1v) is 9.78. The number of ketones is 1. The van der Waals surface area contributed by atoms with Gasteiger partial charge in [0.15, 0.2) is 5.78 Å². The first kappa shape index (κ1) is 18.8. The number of hydrogen-bond donors (Lipinski definition) is 3. The van der Waals surface area contributed by atoms with Crippen LogP contribution in [0, 0.1) is 0 Å². The maximum atomic E-state index is 12.3. The topological polar surface area (TPSA) is 131 Å². The Morgan fingerprint density at radius 2 is 1.67 bits per heavy atom. The van der Waals surface area contributed by atoms with E-state index < -0.39 is 21.7 Å². The minimum atomic E-state index is -4.05. The third-order valence-corrected chi connectivity index (χ3v) is 5.34. The number of hydrogen-bond acceptors (Lipinski definition) is 5. The van der Waals surface area contributed by atoms with E-state index in [9.17, 15) is 18.0 Å². The Balaban J connectivity index is 1.82. The molecule has 0 atom stereocenters. The Kier molecular flexibility index (Phi) is 5.10. The van der Waals surface area contributed by atoms with Crippen LogP contribution in [-0.4, -0.2) is 26.1 Å². The van der Waals surface area contributed by atoms with Gasteiger partial charge >= 0.3 is 0 Å². The number of rotatable bonds is 4. The highest BCUT2D eigenvalue weighted by Crippen LogP contribution is 2.15. The van der Waals surface area contributed by atoms with Crippen LogP contribution >= 0.6 is 15.9 Å². The quantitative estimate of drug-likeness (QED) is 0.369. The molecule has 10 heteroatoms. The van der Waals surface area contributed by atoms with E-state index in [0.29, 0.717) is 11.3 Å². The summed E-state index contributed by atoms with van der Waals surface area (Å²) < 4.78 is 28.9. The fourth-order valence-corrected chi connectivity index (χ4v) is 3.36. The van der Waals surface area contributed by atoms with Gasteiger partial charge in [0.25, 0.3) is 15.9 Å². The summed E-state index contributed by atoms with van der Waals surface area (Å²) in [7, 11) is -4.05. The zero-order valence-corrected chi connectivity index (χ0v) is 16.0. The minimum absolute atomic E-state index is 0.0800. The van der Waals surface area contributed by atoms with Crippen molar-refractivity contribution in [2.24, 2.45) is 4.40 Å². The normalized spacial score (nSPS) is 17.0. The zero-order valence-electron chi connectivity index (χ0n) is 13.6. The molecule has 4 N–H and O–H groups in total. The number of sulfonamides is 1. The van der Waals surface area contributed by atoms with Crippen molar-refractivity contribution in [3.63, 3.8) is 0 Å². The smallest absolute Gasteiger partial charge is 0.285 e. The van der Waals surface area contributed by atoms with Crippen molar-refractivity contribution in [3.05, 3.63) is 70.3 Å². The van der Waals surface area contributed by atoms with Crippen LogP contribution in [0.15, 0.2) is 74.1 Å². The van der Waals surface area contributed by atoms with Gasteiger partial charge in [-0.25, -0.2) is 0 Å². The molecule has 138 valence electrons. The van der Waals surface area contributed by atoms with E-state index in [1.54, 1.807) is 24.3 Å². The standard InChI is InChI=1S/C17H13BrN4O4S/c18-11-3-1-10(2-4-11)15(23)9-14-16(24)21-17(20-14)22-27(25,26)13-7-5-12(19)6-8-13/h1-9H,19H2,(H2,20,21,22,24)/b14-9-. The number of nitrogens with two attached hydrogens (primary N) is 1.